The van der Waals surface area contributed by atoms with E-state index in [1.165, 1.54) is 7.11 Å². The van der Waals surface area contributed by atoms with Gasteiger partial charge in [0.2, 0.25) is 0 Å². The highest BCUT2D eigenvalue weighted by Crippen LogP contribution is 2.12. The third-order valence-electron chi connectivity index (χ3n) is 2.36. The summed E-state index contributed by atoms with van der Waals surface area (Å²) in [7, 11) is 3.32. The largest absolute Gasteiger partial charge is 0.469 e. The Morgan fingerprint density at radius 3 is 2.64 bits per heavy atom. The van der Waals surface area contributed by atoms with Crippen LogP contribution in [0.25, 0.3) is 0 Å². The Balaban J connectivity index is 0.000000791. The van der Waals surface area contributed by atoms with Crippen molar-refractivity contribution in [1.29, 1.82) is 0 Å². The third-order valence-corrected chi connectivity index (χ3v) is 2.36. The molecule has 1 aliphatic heterocycles. The summed E-state index contributed by atoms with van der Waals surface area (Å²) < 4.78 is 4.70. The molecule has 0 amide bonds. The molecule has 1 heterocycles. The lowest BCUT2D eigenvalue weighted by Gasteiger charge is -2.29. The fourth-order valence-corrected chi connectivity index (χ4v) is 1.60. The first-order valence-corrected chi connectivity index (χ1v) is 5.25. The molecule has 4 heteroatoms. The van der Waals surface area contributed by atoms with Crippen LogP contribution in [0.3, 0.4) is 0 Å². The Kier molecular flexibility index (Phi) is 7.42. The molecule has 1 aliphatic rings. The Hall–Kier alpha value is -0.610. The predicted molar refractivity (Wildman–Crippen MR) is 57.2 cm³/mol. The van der Waals surface area contributed by atoms with Crippen molar-refractivity contribution in [1.82, 2.24) is 10.6 Å². The van der Waals surface area contributed by atoms with Crippen LogP contribution in [0.15, 0.2) is 0 Å². The van der Waals surface area contributed by atoms with E-state index >= 15 is 0 Å². The minimum absolute atomic E-state index is 0.0336. The van der Waals surface area contributed by atoms with Crippen molar-refractivity contribution >= 4 is 5.97 Å². The number of methoxy groups -OCH3 is 1. The highest BCUT2D eigenvalue weighted by Gasteiger charge is 2.30. The highest BCUT2D eigenvalue weighted by atomic mass is 16.5. The average molecular weight is 202 g/mol. The van der Waals surface area contributed by atoms with E-state index < -0.39 is 0 Å². The molecule has 84 valence electrons. The first kappa shape index (κ1) is 13.4. The first-order chi connectivity index (χ1) is 6.79. The van der Waals surface area contributed by atoms with Crippen molar-refractivity contribution in [2.45, 2.75) is 26.3 Å². The number of carbonyl (C=O) groups is 1. The van der Waals surface area contributed by atoms with E-state index in [1.54, 1.807) is 0 Å². The molecule has 1 saturated heterocycles. The summed E-state index contributed by atoms with van der Waals surface area (Å²) in [6.45, 7) is 5.69. The van der Waals surface area contributed by atoms with Crippen molar-refractivity contribution in [2.24, 2.45) is 5.92 Å². The van der Waals surface area contributed by atoms with Gasteiger partial charge in [0, 0.05) is 12.6 Å². The lowest BCUT2D eigenvalue weighted by atomic mass is 9.94. The smallest absolute Gasteiger partial charge is 0.311 e. The molecule has 0 aromatic carbocycles. The van der Waals surface area contributed by atoms with E-state index in [4.69, 9.17) is 4.74 Å². The molecule has 1 fully saturated rings. The standard InChI is InChI=1S/C8H16N2O2.C2H6/c1-9-7-3-4-10-5-6(7)8(11)12-2;1-2/h6-7,9-10H,3-5H2,1-2H3;1-2H3. The van der Waals surface area contributed by atoms with Crippen LogP contribution in [0.2, 0.25) is 0 Å². The van der Waals surface area contributed by atoms with Crippen molar-refractivity contribution < 1.29 is 9.53 Å². The number of ether oxygens (including phenoxy) is 1. The summed E-state index contributed by atoms with van der Waals surface area (Å²) in [5.41, 5.74) is 0. The van der Waals surface area contributed by atoms with Crippen LogP contribution >= 0.6 is 0 Å². The monoisotopic (exact) mass is 202 g/mol. The number of piperidine rings is 1. The van der Waals surface area contributed by atoms with Crippen molar-refractivity contribution in [3.63, 3.8) is 0 Å². The first-order valence-electron chi connectivity index (χ1n) is 5.25. The molecule has 0 radical (unpaired) electrons. The minimum atomic E-state index is -0.124. The minimum Gasteiger partial charge on any atom is -0.469 e. The normalized spacial score (nSPS) is 26.0. The Morgan fingerprint density at radius 2 is 2.14 bits per heavy atom. The maximum Gasteiger partial charge on any atom is 0.311 e. The van der Waals surface area contributed by atoms with Gasteiger partial charge in [-0.25, -0.2) is 0 Å². The van der Waals surface area contributed by atoms with Gasteiger partial charge in [0.1, 0.15) is 0 Å². The highest BCUT2D eigenvalue weighted by molar-refractivity contribution is 5.73. The fraction of sp³-hybridized carbons (Fsp3) is 0.900. The van der Waals surface area contributed by atoms with Gasteiger partial charge >= 0.3 is 5.97 Å². The molecule has 0 aromatic heterocycles. The quantitative estimate of drug-likeness (QED) is 0.636. The number of rotatable bonds is 2. The number of hydrogen-bond acceptors (Lipinski definition) is 4. The molecule has 0 saturated carbocycles. The number of hydrogen-bond donors (Lipinski definition) is 2. The molecule has 0 aliphatic carbocycles. The van der Waals surface area contributed by atoms with Gasteiger partial charge in [-0.1, -0.05) is 13.8 Å². The summed E-state index contributed by atoms with van der Waals surface area (Å²) in [5, 5.41) is 6.30. The van der Waals surface area contributed by atoms with Gasteiger partial charge in [-0.2, -0.15) is 0 Å². The number of carbonyl (C=O) groups excluding carboxylic acids is 1. The Labute approximate surface area is 86.4 Å². The molecule has 0 spiro atoms. The SMILES string of the molecule is CC.CNC1CCNCC1C(=O)OC. The van der Waals surface area contributed by atoms with Crippen LogP contribution in [0, 0.1) is 5.92 Å². The third kappa shape index (κ3) is 3.64. The van der Waals surface area contributed by atoms with Crippen LogP contribution in [-0.4, -0.2) is 39.3 Å². The summed E-state index contributed by atoms with van der Waals surface area (Å²) in [6, 6.07) is 0.263. The van der Waals surface area contributed by atoms with Crippen LogP contribution in [0.1, 0.15) is 20.3 Å². The Bertz CT molecular complexity index is 162. The van der Waals surface area contributed by atoms with Crippen LogP contribution in [0.5, 0.6) is 0 Å². The summed E-state index contributed by atoms with van der Waals surface area (Å²) in [4.78, 5) is 11.2. The summed E-state index contributed by atoms with van der Waals surface area (Å²) >= 11 is 0. The lowest BCUT2D eigenvalue weighted by molar-refractivity contribution is -0.146. The lowest BCUT2D eigenvalue weighted by Crippen LogP contribution is -2.49. The fourth-order valence-electron chi connectivity index (χ4n) is 1.60. The van der Waals surface area contributed by atoms with Crippen molar-refractivity contribution in [2.75, 3.05) is 27.2 Å². The second-order valence-corrected chi connectivity index (χ2v) is 3.02. The Morgan fingerprint density at radius 1 is 1.50 bits per heavy atom. The summed E-state index contributed by atoms with van der Waals surface area (Å²) in [6.07, 6.45) is 0.982. The van der Waals surface area contributed by atoms with Crippen molar-refractivity contribution in [3.8, 4) is 0 Å². The molecule has 1 rings (SSSR count). The molecule has 0 bridgehead atoms. The molecular weight excluding hydrogens is 180 g/mol. The molecule has 0 aromatic rings. The van der Waals surface area contributed by atoms with E-state index in [0.717, 1.165) is 19.5 Å². The second kappa shape index (κ2) is 7.76. The van der Waals surface area contributed by atoms with Gasteiger partial charge < -0.3 is 15.4 Å². The topological polar surface area (TPSA) is 50.4 Å². The maximum absolute atomic E-state index is 11.2. The van der Waals surface area contributed by atoms with Gasteiger partial charge in [-0.05, 0) is 20.0 Å². The average Bonchev–Trinajstić information content (AvgIpc) is 2.30. The molecule has 14 heavy (non-hydrogen) atoms. The van der Waals surface area contributed by atoms with E-state index in [9.17, 15) is 4.79 Å². The zero-order valence-electron chi connectivity index (χ0n) is 9.59. The van der Waals surface area contributed by atoms with Gasteiger partial charge in [-0.15, -0.1) is 0 Å². The molecule has 2 atom stereocenters. The van der Waals surface area contributed by atoms with Gasteiger partial charge in [0.25, 0.3) is 0 Å². The predicted octanol–water partition coefficient (Wildman–Crippen LogP) is 0.383. The van der Waals surface area contributed by atoms with Crippen LogP contribution in [-0.2, 0) is 9.53 Å². The maximum atomic E-state index is 11.2. The van der Waals surface area contributed by atoms with Gasteiger partial charge in [-0.3, -0.25) is 4.79 Å². The van der Waals surface area contributed by atoms with E-state index in [0.29, 0.717) is 0 Å². The summed E-state index contributed by atoms with van der Waals surface area (Å²) in [5.74, 6) is -0.157. The van der Waals surface area contributed by atoms with Crippen LogP contribution in [0.4, 0.5) is 0 Å². The van der Waals surface area contributed by atoms with E-state index in [-0.39, 0.29) is 17.9 Å². The van der Waals surface area contributed by atoms with Gasteiger partial charge in [0.05, 0.1) is 13.0 Å². The van der Waals surface area contributed by atoms with Crippen LogP contribution < -0.4 is 10.6 Å². The molecule has 4 nitrogen and oxygen atoms in total. The zero-order valence-corrected chi connectivity index (χ0v) is 9.59. The number of esters is 1. The van der Waals surface area contributed by atoms with Crippen molar-refractivity contribution in [3.05, 3.63) is 0 Å². The van der Waals surface area contributed by atoms with E-state index in [1.807, 2.05) is 20.9 Å². The van der Waals surface area contributed by atoms with Gasteiger partial charge in [0.15, 0.2) is 0 Å². The second-order valence-electron chi connectivity index (χ2n) is 3.02. The zero-order chi connectivity index (χ0) is 11.0. The molecule has 2 unspecified atom stereocenters. The number of nitrogens with one attached hydrogen (secondary N) is 2. The van der Waals surface area contributed by atoms with E-state index in [2.05, 4.69) is 10.6 Å². The molecular formula is C10H22N2O2. The molecule has 2 N–H and O–H groups in total.